The van der Waals surface area contributed by atoms with E-state index in [9.17, 15) is 0 Å². The Bertz CT molecular complexity index is 979. The Morgan fingerprint density at radius 1 is 1.11 bits per heavy atom. The van der Waals surface area contributed by atoms with Gasteiger partial charge in [0, 0.05) is 23.5 Å². The second-order valence-electron chi connectivity index (χ2n) is 7.09. The van der Waals surface area contributed by atoms with E-state index in [4.69, 9.17) is 19.4 Å². The lowest BCUT2D eigenvalue weighted by atomic mass is 9.97. The lowest BCUT2D eigenvalue weighted by molar-refractivity contribution is 0.122. The van der Waals surface area contributed by atoms with Crippen LogP contribution in [-0.4, -0.2) is 43.4 Å². The Hall–Kier alpha value is -2.18. The first-order valence-corrected chi connectivity index (χ1v) is 10.4. The first-order valence-electron chi connectivity index (χ1n) is 9.63. The van der Waals surface area contributed by atoms with Crippen LogP contribution in [0.4, 0.5) is 5.82 Å². The number of rotatable bonds is 3. The largest absolute Gasteiger partial charge is 0.497 e. The Labute approximate surface area is 163 Å². The van der Waals surface area contributed by atoms with Crippen molar-refractivity contribution >= 4 is 27.4 Å². The van der Waals surface area contributed by atoms with Crippen molar-refractivity contribution in [3.05, 3.63) is 34.7 Å². The van der Waals surface area contributed by atoms with Crippen LogP contribution in [0.15, 0.2) is 24.3 Å². The highest BCUT2D eigenvalue weighted by molar-refractivity contribution is 7.19. The van der Waals surface area contributed by atoms with Crippen LogP contribution in [0.3, 0.4) is 0 Å². The van der Waals surface area contributed by atoms with Gasteiger partial charge in [0.15, 0.2) is 5.82 Å². The van der Waals surface area contributed by atoms with E-state index in [0.29, 0.717) is 0 Å². The predicted molar refractivity (Wildman–Crippen MR) is 109 cm³/mol. The number of fused-ring (bicyclic) bond motifs is 3. The average Bonchev–Trinajstić information content (AvgIpc) is 3.12. The van der Waals surface area contributed by atoms with Crippen molar-refractivity contribution in [1.82, 2.24) is 9.97 Å². The van der Waals surface area contributed by atoms with E-state index in [2.05, 4.69) is 11.0 Å². The molecule has 2 aliphatic rings. The highest BCUT2D eigenvalue weighted by Crippen LogP contribution is 2.41. The summed E-state index contributed by atoms with van der Waals surface area (Å²) in [6.45, 7) is 3.28. The van der Waals surface area contributed by atoms with Gasteiger partial charge >= 0.3 is 0 Å². The predicted octanol–water partition coefficient (Wildman–Crippen LogP) is 4.08. The van der Waals surface area contributed by atoms with Gasteiger partial charge in [-0.05, 0) is 43.4 Å². The zero-order valence-corrected chi connectivity index (χ0v) is 16.3. The van der Waals surface area contributed by atoms with Gasteiger partial charge < -0.3 is 14.4 Å². The molecule has 0 bridgehead atoms. The lowest BCUT2D eigenvalue weighted by Gasteiger charge is -2.29. The van der Waals surface area contributed by atoms with Crippen molar-refractivity contribution < 1.29 is 9.47 Å². The number of ether oxygens (including phenoxy) is 2. The lowest BCUT2D eigenvalue weighted by Crippen LogP contribution is -2.37. The van der Waals surface area contributed by atoms with Gasteiger partial charge in [0.05, 0.1) is 25.7 Å². The van der Waals surface area contributed by atoms with E-state index in [1.54, 1.807) is 7.11 Å². The summed E-state index contributed by atoms with van der Waals surface area (Å²) in [4.78, 5) is 15.0. The number of morpholine rings is 1. The third-order valence-electron chi connectivity index (χ3n) is 5.43. The fraction of sp³-hybridized carbons (Fsp3) is 0.429. The number of anilines is 1. The summed E-state index contributed by atoms with van der Waals surface area (Å²) < 4.78 is 11.0. The minimum atomic E-state index is 0.756. The molecule has 5 rings (SSSR count). The molecule has 0 N–H and O–H groups in total. The molecule has 2 aromatic heterocycles. The quantitative estimate of drug-likeness (QED) is 0.684. The molecule has 5 nitrogen and oxygen atoms in total. The van der Waals surface area contributed by atoms with Crippen LogP contribution in [0.1, 0.15) is 23.3 Å². The zero-order chi connectivity index (χ0) is 18.2. The van der Waals surface area contributed by atoms with Gasteiger partial charge in [0.1, 0.15) is 16.4 Å². The van der Waals surface area contributed by atoms with Crippen molar-refractivity contribution in [2.75, 3.05) is 38.3 Å². The second-order valence-corrected chi connectivity index (χ2v) is 8.18. The van der Waals surface area contributed by atoms with Gasteiger partial charge in [-0.15, -0.1) is 11.3 Å². The topological polar surface area (TPSA) is 47.5 Å². The summed E-state index contributed by atoms with van der Waals surface area (Å²) in [5, 5.41) is 1.28. The number of hydrogen-bond donors (Lipinski definition) is 0. The summed E-state index contributed by atoms with van der Waals surface area (Å²) in [6, 6.07) is 8.02. The van der Waals surface area contributed by atoms with E-state index >= 15 is 0 Å². The molecule has 3 aromatic rings. The first kappa shape index (κ1) is 17.0. The van der Waals surface area contributed by atoms with Crippen LogP contribution in [0, 0.1) is 0 Å². The molecule has 6 heteroatoms. The summed E-state index contributed by atoms with van der Waals surface area (Å²) in [5.41, 5.74) is 2.48. The molecule has 140 valence electrons. The molecule has 0 radical (unpaired) electrons. The van der Waals surface area contributed by atoms with Crippen LogP contribution in [0.2, 0.25) is 0 Å². The molecule has 1 aliphatic heterocycles. The third-order valence-corrected chi connectivity index (χ3v) is 6.62. The molecule has 1 aliphatic carbocycles. The Kier molecular flexibility index (Phi) is 4.45. The van der Waals surface area contributed by atoms with Crippen LogP contribution in [-0.2, 0) is 17.6 Å². The van der Waals surface area contributed by atoms with E-state index < -0.39 is 0 Å². The summed E-state index contributed by atoms with van der Waals surface area (Å²) in [7, 11) is 1.69. The fourth-order valence-electron chi connectivity index (χ4n) is 4.03. The smallest absolute Gasteiger partial charge is 0.163 e. The normalized spacial score (nSPS) is 17.1. The number of benzene rings is 1. The maximum Gasteiger partial charge on any atom is 0.163 e. The zero-order valence-electron chi connectivity index (χ0n) is 15.5. The molecule has 3 heterocycles. The Balaban J connectivity index is 1.71. The molecule has 0 amide bonds. The molecular weight excluding hydrogens is 358 g/mol. The molecule has 1 aromatic carbocycles. The Morgan fingerprint density at radius 3 is 2.81 bits per heavy atom. The fourth-order valence-corrected chi connectivity index (χ4v) is 5.29. The van der Waals surface area contributed by atoms with E-state index in [1.165, 1.54) is 35.1 Å². The summed E-state index contributed by atoms with van der Waals surface area (Å²) in [6.07, 6.45) is 4.86. The molecule has 0 atom stereocenters. The van der Waals surface area contributed by atoms with Gasteiger partial charge in [-0.1, -0.05) is 12.1 Å². The van der Waals surface area contributed by atoms with Gasteiger partial charge in [0.2, 0.25) is 0 Å². The number of nitrogens with zero attached hydrogens (tertiary/aromatic N) is 3. The minimum absolute atomic E-state index is 0.756. The van der Waals surface area contributed by atoms with Crippen LogP contribution in [0.5, 0.6) is 5.75 Å². The van der Waals surface area contributed by atoms with Gasteiger partial charge in [-0.2, -0.15) is 0 Å². The molecule has 0 unspecified atom stereocenters. The summed E-state index contributed by atoms with van der Waals surface area (Å²) in [5.74, 6) is 2.69. The van der Waals surface area contributed by atoms with Crippen molar-refractivity contribution in [3.8, 4) is 17.1 Å². The van der Waals surface area contributed by atoms with E-state index in [-0.39, 0.29) is 0 Å². The van der Waals surface area contributed by atoms with Crippen molar-refractivity contribution in [1.29, 1.82) is 0 Å². The molecular formula is C21H23N3O2S. The Morgan fingerprint density at radius 2 is 1.96 bits per heavy atom. The number of thiophene rings is 1. The van der Waals surface area contributed by atoms with Crippen LogP contribution in [0.25, 0.3) is 21.6 Å². The summed E-state index contributed by atoms with van der Waals surface area (Å²) >= 11 is 1.86. The van der Waals surface area contributed by atoms with Crippen LogP contribution < -0.4 is 9.64 Å². The first-order chi connectivity index (χ1) is 13.3. The third kappa shape index (κ3) is 3.07. The molecule has 1 fully saturated rings. The van der Waals surface area contributed by atoms with Gasteiger partial charge in [0.25, 0.3) is 0 Å². The van der Waals surface area contributed by atoms with Gasteiger partial charge in [-0.3, -0.25) is 0 Å². The highest BCUT2D eigenvalue weighted by Gasteiger charge is 2.25. The van der Waals surface area contributed by atoms with Crippen LogP contribution >= 0.6 is 11.3 Å². The maximum atomic E-state index is 5.57. The minimum Gasteiger partial charge on any atom is -0.497 e. The molecule has 27 heavy (non-hydrogen) atoms. The highest BCUT2D eigenvalue weighted by atomic mass is 32.1. The molecule has 1 saturated heterocycles. The van der Waals surface area contributed by atoms with Crippen molar-refractivity contribution in [2.45, 2.75) is 25.7 Å². The maximum absolute atomic E-state index is 5.57. The van der Waals surface area contributed by atoms with E-state index in [0.717, 1.165) is 60.5 Å². The molecule has 0 spiro atoms. The number of aryl methyl sites for hydroxylation is 2. The molecule has 0 saturated carbocycles. The van der Waals surface area contributed by atoms with Crippen molar-refractivity contribution in [2.24, 2.45) is 0 Å². The number of methoxy groups -OCH3 is 1. The SMILES string of the molecule is COc1cccc(-c2nc(N3CCOCC3)c3c4c(sc3n2)CCCC4)c1. The number of aromatic nitrogens is 2. The van der Waals surface area contributed by atoms with E-state index in [1.807, 2.05) is 29.5 Å². The second kappa shape index (κ2) is 7.09. The monoisotopic (exact) mass is 381 g/mol. The van der Waals surface area contributed by atoms with Crippen molar-refractivity contribution in [3.63, 3.8) is 0 Å². The standard InChI is InChI=1S/C21H23N3O2S/c1-25-15-6-4-5-14(13-15)19-22-20(24-9-11-26-12-10-24)18-16-7-2-3-8-17(16)27-21(18)23-19/h4-6,13H,2-3,7-12H2,1H3. The average molecular weight is 382 g/mol. The number of hydrogen-bond acceptors (Lipinski definition) is 6. The van der Waals surface area contributed by atoms with Gasteiger partial charge in [-0.25, -0.2) is 9.97 Å².